The molecule has 0 aromatic carbocycles. The summed E-state index contributed by atoms with van der Waals surface area (Å²) in [6.45, 7) is 0.668. The van der Waals surface area contributed by atoms with E-state index in [4.69, 9.17) is 16.6 Å². The van der Waals surface area contributed by atoms with Crippen LogP contribution < -0.4 is 22.1 Å². The Morgan fingerprint density at radius 1 is 1.03 bits per heavy atom. The minimum absolute atomic E-state index is 0.0889. The first-order valence-corrected chi connectivity index (χ1v) is 11.2. The summed E-state index contributed by atoms with van der Waals surface area (Å²) in [7, 11) is 0. The Bertz CT molecular complexity index is 693. The molecule has 0 spiro atoms. The van der Waals surface area contributed by atoms with Crippen LogP contribution in [-0.2, 0) is 24.0 Å². The monoisotopic (exact) mass is 475 g/mol. The number of unbranched alkanes of at least 4 members (excludes halogenated alkanes) is 1. The number of carboxylic acids is 2. The van der Waals surface area contributed by atoms with Gasteiger partial charge in [0.15, 0.2) is 0 Å². The molecule has 1 aliphatic heterocycles. The molecule has 0 saturated carbocycles. The maximum absolute atomic E-state index is 12.9. The van der Waals surface area contributed by atoms with Crippen LogP contribution in [0.2, 0.25) is 0 Å². The van der Waals surface area contributed by atoms with E-state index in [0.717, 1.165) is 4.90 Å². The molecule has 0 aliphatic carbocycles. The topological polar surface area (TPSA) is 205 Å². The summed E-state index contributed by atoms with van der Waals surface area (Å²) in [5.41, 5.74) is 11.2. The van der Waals surface area contributed by atoms with Crippen molar-refractivity contribution in [3.8, 4) is 0 Å². The highest BCUT2D eigenvalue weighted by Gasteiger charge is 2.38. The van der Waals surface area contributed by atoms with Crippen molar-refractivity contribution in [1.29, 1.82) is 0 Å². The first kappa shape index (κ1) is 27.7. The Morgan fingerprint density at radius 3 is 2.25 bits per heavy atom. The zero-order valence-electron chi connectivity index (χ0n) is 17.9. The number of carbonyl (C=O) groups excluding carboxylic acids is 3. The van der Waals surface area contributed by atoms with E-state index in [9.17, 15) is 29.1 Å². The number of rotatable bonds is 14. The predicted octanol–water partition coefficient (Wildman–Crippen LogP) is -1.72. The first-order valence-electron chi connectivity index (χ1n) is 10.5. The summed E-state index contributed by atoms with van der Waals surface area (Å²) in [5, 5.41) is 23.2. The SMILES string of the molecule is NCCCCC(N)C(=O)NC(CS)C(=O)NC(CCC(=O)O)C(=O)N1CCCC1C(=O)O. The lowest BCUT2D eigenvalue weighted by molar-refractivity contribution is -0.150. The van der Waals surface area contributed by atoms with Crippen molar-refractivity contribution in [3.63, 3.8) is 0 Å². The van der Waals surface area contributed by atoms with Crippen LogP contribution in [0.4, 0.5) is 0 Å². The fraction of sp³-hybridized carbons (Fsp3) is 0.737. The number of nitrogens with two attached hydrogens (primary N) is 2. The molecule has 1 aliphatic rings. The lowest BCUT2D eigenvalue weighted by atomic mass is 10.1. The molecule has 0 bridgehead atoms. The smallest absolute Gasteiger partial charge is 0.326 e. The van der Waals surface area contributed by atoms with Gasteiger partial charge in [-0.1, -0.05) is 6.42 Å². The van der Waals surface area contributed by atoms with E-state index >= 15 is 0 Å². The largest absolute Gasteiger partial charge is 0.481 e. The molecular weight excluding hydrogens is 442 g/mol. The average molecular weight is 476 g/mol. The molecule has 1 saturated heterocycles. The van der Waals surface area contributed by atoms with Crippen LogP contribution in [-0.4, -0.2) is 87.8 Å². The highest BCUT2D eigenvalue weighted by molar-refractivity contribution is 7.80. The average Bonchev–Trinajstić information content (AvgIpc) is 3.24. The Balaban J connectivity index is 2.84. The summed E-state index contributed by atoms with van der Waals surface area (Å²) < 4.78 is 0. The molecule has 32 heavy (non-hydrogen) atoms. The molecule has 0 radical (unpaired) electrons. The quantitative estimate of drug-likeness (QED) is 0.113. The number of thiol groups is 1. The molecule has 1 fully saturated rings. The van der Waals surface area contributed by atoms with Crippen molar-refractivity contribution in [2.24, 2.45) is 11.5 Å². The van der Waals surface area contributed by atoms with Gasteiger partial charge in [-0.3, -0.25) is 19.2 Å². The van der Waals surface area contributed by atoms with Gasteiger partial charge in [0.05, 0.1) is 6.04 Å². The number of nitrogens with zero attached hydrogens (tertiary/aromatic N) is 1. The zero-order valence-corrected chi connectivity index (χ0v) is 18.8. The third kappa shape index (κ3) is 8.63. The number of amides is 3. The fourth-order valence-electron chi connectivity index (χ4n) is 3.40. The number of hydrogen-bond acceptors (Lipinski definition) is 8. The summed E-state index contributed by atoms with van der Waals surface area (Å²) >= 11 is 4.07. The molecule has 1 heterocycles. The van der Waals surface area contributed by atoms with E-state index in [1.54, 1.807) is 0 Å². The third-order valence-corrected chi connectivity index (χ3v) is 5.57. The fourth-order valence-corrected chi connectivity index (χ4v) is 3.65. The van der Waals surface area contributed by atoms with E-state index in [0.29, 0.717) is 32.2 Å². The Kier molecular flexibility index (Phi) is 12.0. The number of aliphatic carboxylic acids is 2. The molecule has 182 valence electrons. The van der Waals surface area contributed by atoms with Crippen LogP contribution in [0, 0.1) is 0 Å². The van der Waals surface area contributed by atoms with E-state index in [1.807, 2.05) is 0 Å². The van der Waals surface area contributed by atoms with Crippen LogP contribution >= 0.6 is 12.6 Å². The Labute approximate surface area is 191 Å². The van der Waals surface area contributed by atoms with Gasteiger partial charge in [-0.05, 0) is 38.6 Å². The van der Waals surface area contributed by atoms with Gasteiger partial charge in [-0.15, -0.1) is 0 Å². The standard InChI is InChI=1S/C19H33N5O7S/c20-8-2-1-4-11(21)16(27)23-13(10-32)17(28)22-12(6-7-15(25)26)18(29)24-9-3-5-14(24)19(30)31/h11-14,32H,1-10,20-21H2,(H,22,28)(H,23,27)(H,25,26)(H,30,31). The van der Waals surface area contributed by atoms with E-state index in [2.05, 4.69) is 23.3 Å². The molecule has 4 unspecified atom stereocenters. The molecule has 13 heteroatoms. The molecular formula is C19H33N5O7S. The van der Waals surface area contributed by atoms with Crippen LogP contribution in [0.25, 0.3) is 0 Å². The van der Waals surface area contributed by atoms with Crippen molar-refractivity contribution < 1.29 is 34.2 Å². The number of carbonyl (C=O) groups is 5. The number of hydrogen-bond donors (Lipinski definition) is 7. The van der Waals surface area contributed by atoms with Gasteiger partial charge < -0.3 is 37.2 Å². The van der Waals surface area contributed by atoms with Gasteiger partial charge in [-0.25, -0.2) is 4.79 Å². The van der Waals surface area contributed by atoms with Gasteiger partial charge in [0.1, 0.15) is 18.1 Å². The molecule has 0 aromatic heterocycles. The van der Waals surface area contributed by atoms with Gasteiger partial charge in [0.2, 0.25) is 17.7 Å². The van der Waals surface area contributed by atoms with Crippen molar-refractivity contribution in [2.75, 3.05) is 18.8 Å². The molecule has 12 nitrogen and oxygen atoms in total. The summed E-state index contributed by atoms with van der Waals surface area (Å²) in [5.74, 6) is -4.40. The molecule has 8 N–H and O–H groups in total. The van der Waals surface area contributed by atoms with Crippen molar-refractivity contribution in [1.82, 2.24) is 15.5 Å². The highest BCUT2D eigenvalue weighted by Crippen LogP contribution is 2.19. The summed E-state index contributed by atoms with van der Waals surface area (Å²) in [6.07, 6.45) is 1.86. The molecule has 4 atom stereocenters. The van der Waals surface area contributed by atoms with Crippen LogP contribution in [0.15, 0.2) is 0 Å². The summed E-state index contributed by atoms with van der Waals surface area (Å²) in [6, 6.07) is -4.24. The normalized spacial score (nSPS) is 18.5. The number of nitrogens with one attached hydrogen (secondary N) is 2. The molecule has 0 aromatic rings. The second-order valence-corrected chi connectivity index (χ2v) is 8.02. The van der Waals surface area contributed by atoms with Gasteiger partial charge in [0.25, 0.3) is 0 Å². The minimum atomic E-state index is -1.25. The summed E-state index contributed by atoms with van der Waals surface area (Å²) in [4.78, 5) is 61.5. The van der Waals surface area contributed by atoms with E-state index < -0.39 is 60.2 Å². The second kappa shape index (κ2) is 13.9. The molecule has 3 amide bonds. The maximum atomic E-state index is 12.9. The van der Waals surface area contributed by atoms with Gasteiger partial charge in [-0.2, -0.15) is 12.6 Å². The Hall–Kier alpha value is -2.38. The predicted molar refractivity (Wildman–Crippen MR) is 118 cm³/mol. The van der Waals surface area contributed by atoms with Crippen molar-refractivity contribution in [2.45, 2.75) is 69.1 Å². The lowest BCUT2D eigenvalue weighted by Crippen LogP contribution is -2.57. The minimum Gasteiger partial charge on any atom is -0.481 e. The zero-order chi connectivity index (χ0) is 24.3. The van der Waals surface area contributed by atoms with E-state index in [-0.39, 0.29) is 25.1 Å². The maximum Gasteiger partial charge on any atom is 0.326 e. The van der Waals surface area contributed by atoms with Crippen LogP contribution in [0.3, 0.4) is 0 Å². The van der Waals surface area contributed by atoms with Gasteiger partial charge >= 0.3 is 11.9 Å². The van der Waals surface area contributed by atoms with E-state index in [1.165, 1.54) is 0 Å². The van der Waals surface area contributed by atoms with Crippen molar-refractivity contribution >= 4 is 42.3 Å². The van der Waals surface area contributed by atoms with Crippen LogP contribution in [0.1, 0.15) is 44.9 Å². The molecule has 1 rings (SSSR count). The number of likely N-dealkylation sites (tertiary alicyclic amines) is 1. The highest BCUT2D eigenvalue weighted by atomic mass is 32.1. The van der Waals surface area contributed by atoms with Gasteiger partial charge in [0, 0.05) is 18.7 Å². The number of carboxylic acid groups (broad SMARTS) is 2. The van der Waals surface area contributed by atoms with Crippen LogP contribution in [0.5, 0.6) is 0 Å². The third-order valence-electron chi connectivity index (χ3n) is 5.20. The van der Waals surface area contributed by atoms with Crippen molar-refractivity contribution in [3.05, 3.63) is 0 Å². The second-order valence-electron chi connectivity index (χ2n) is 7.66. The Morgan fingerprint density at radius 2 is 1.69 bits per heavy atom. The first-order chi connectivity index (χ1) is 15.1. The lowest BCUT2D eigenvalue weighted by Gasteiger charge is -2.28.